The topological polar surface area (TPSA) is 506 Å². The van der Waals surface area contributed by atoms with E-state index in [9.17, 15) is 54.0 Å². The van der Waals surface area contributed by atoms with Crippen LogP contribution in [-0.2, 0) is 132 Å². The van der Waals surface area contributed by atoms with E-state index in [-0.39, 0.29) is 169 Å². The largest absolute Gasteiger partial charge is 0.497 e. The third-order valence-electron chi connectivity index (χ3n) is 18.1. The number of sulfone groups is 3. The van der Waals surface area contributed by atoms with Gasteiger partial charge in [0.1, 0.15) is 41.5 Å². The number of hydrogen-bond donors (Lipinski definition) is 6. The summed E-state index contributed by atoms with van der Waals surface area (Å²) in [5.74, 6) is 1.39. The van der Waals surface area contributed by atoms with E-state index in [1.807, 2.05) is 0 Å². The molecule has 10 aromatic rings. The van der Waals surface area contributed by atoms with Crippen molar-refractivity contribution in [3.63, 3.8) is 0 Å². The SMILES string of the molecule is COc1ccc(CC(=O)Nc2nnc(CCS(=O)(=O)CCc3nnc(NC(=O)Cc4ccc(OC)c(OC)c4)s3)s2)cc1OC.COc1ccc(CC(=O)Nc2nnc(CCS(=O)(=O)CCc3nnc(NC(=O)Cc4ccc(OC)cc4)s3)s2)cc1.O=C(CC1CCCCO1)Nc1nnc(CCS(=O)(=O)CCc2nnc(NC(=O)CC3CCCCO3)s2)s1. The normalized spacial score (nSPS) is 13.9. The average Bonchev–Trinajstić information content (AvgIpc) is 1.79. The summed E-state index contributed by atoms with van der Waals surface area (Å²) in [4.78, 5) is 74.0. The lowest BCUT2D eigenvalue weighted by molar-refractivity contribution is -0.120. The standard InChI is InChI=1S/C28H32N6O8S3.C26H28N6O6S3.C22H32N6O6S3/c1-39-19-7-5-17(13-21(19)41-3)15-23(35)29-27-33-31-25(43-27)9-11-45(37,38)12-10-26-32-34-28(44-26)30-24(36)16-18-6-8-20(40-2)22(14-18)42-4;1-37-19-7-3-17(4-8-19)15-21(33)27-25-31-29-23(39-25)11-13-41(35,36)14-12-24-30-32-26(40-24)28-22(34)16-18-5-9-20(38-2)10-6-18;29-17(13-15-5-1-3-9-33-15)23-21-27-25-19(35-21)7-11-37(31,32)12-8-20-26-28-22(36-20)24-18(30)14-16-6-2-4-10-34-16/h5-8,13-14H,9-12,15-16H2,1-4H3,(H,29,33,35)(H,30,34,36);3-10H,11-16H2,1-2H3,(H,27,31,33)(H,28,32,34);15-16H,1-14H2,(H,23,27,29)(H,24,28,30). The number of methoxy groups -OCH3 is 6. The minimum Gasteiger partial charge on any atom is -0.497 e. The van der Waals surface area contributed by atoms with Gasteiger partial charge in [-0.2, -0.15) is 0 Å². The summed E-state index contributed by atoms with van der Waals surface area (Å²) in [5, 5.41) is 68.8. The lowest BCUT2D eigenvalue weighted by atomic mass is 10.1. The van der Waals surface area contributed by atoms with Crippen LogP contribution in [0.25, 0.3) is 0 Å². The molecule has 123 heavy (non-hydrogen) atoms. The van der Waals surface area contributed by atoms with Crippen LogP contribution in [0, 0.1) is 0 Å². The second-order valence-corrected chi connectivity index (χ2v) is 40.7. The van der Waals surface area contributed by atoms with E-state index in [0.717, 1.165) is 106 Å². The predicted octanol–water partition coefficient (Wildman–Crippen LogP) is 8.34. The van der Waals surface area contributed by atoms with E-state index >= 15 is 0 Å². The van der Waals surface area contributed by atoms with Crippen molar-refractivity contribution in [2.45, 2.75) is 128 Å². The fourth-order valence-electron chi connectivity index (χ4n) is 11.7. The molecule has 6 aromatic heterocycles. The maximum Gasteiger partial charge on any atom is 0.230 e. The van der Waals surface area contributed by atoms with Gasteiger partial charge in [-0.05, 0) is 109 Å². The Balaban J connectivity index is 0.000000194. The van der Waals surface area contributed by atoms with Crippen LogP contribution in [0.1, 0.15) is 104 Å². The van der Waals surface area contributed by atoms with Crippen LogP contribution >= 0.6 is 68.0 Å². The third-order valence-corrected chi connectivity index (χ3v) is 28.4. The van der Waals surface area contributed by atoms with Crippen LogP contribution in [0.5, 0.6) is 34.5 Å². The zero-order valence-corrected chi connectivity index (χ0v) is 75.2. The number of aromatic nitrogens is 12. The van der Waals surface area contributed by atoms with Crippen molar-refractivity contribution in [1.29, 1.82) is 0 Å². The summed E-state index contributed by atoms with van der Waals surface area (Å²) in [6.45, 7) is 1.37. The number of carbonyl (C=O) groups is 6. The highest BCUT2D eigenvalue weighted by atomic mass is 32.2. The highest BCUT2D eigenvalue weighted by Gasteiger charge is 2.25. The Bertz CT molecular complexity index is 5190. The molecule has 4 aromatic carbocycles. The third kappa shape index (κ3) is 33.0. The zero-order chi connectivity index (χ0) is 87.7. The van der Waals surface area contributed by atoms with Crippen molar-refractivity contribution in [2.24, 2.45) is 0 Å². The Morgan fingerprint density at radius 2 is 0.561 bits per heavy atom. The Kier molecular flexibility index (Phi) is 36.6. The van der Waals surface area contributed by atoms with Crippen molar-refractivity contribution in [3.8, 4) is 34.5 Å². The van der Waals surface area contributed by atoms with E-state index < -0.39 is 29.5 Å². The highest BCUT2D eigenvalue weighted by molar-refractivity contribution is 7.91. The summed E-state index contributed by atoms with van der Waals surface area (Å²) in [7, 11) is -0.999. The van der Waals surface area contributed by atoms with Gasteiger partial charge in [0.25, 0.3) is 0 Å². The van der Waals surface area contributed by atoms with Gasteiger partial charge in [-0.3, -0.25) is 28.8 Å². The van der Waals surface area contributed by atoms with Gasteiger partial charge in [0, 0.05) is 51.7 Å². The molecule has 0 spiro atoms. The van der Waals surface area contributed by atoms with Gasteiger partial charge in [-0.15, -0.1) is 61.2 Å². The lowest BCUT2D eigenvalue weighted by Crippen LogP contribution is -2.25. The molecule has 0 saturated carbocycles. The Labute approximate surface area is 733 Å². The molecule has 2 saturated heterocycles. The minimum atomic E-state index is -3.45. The summed E-state index contributed by atoms with van der Waals surface area (Å²) in [6, 6.07) is 24.7. The number of ether oxygens (including phenoxy) is 8. The Morgan fingerprint density at radius 3 is 0.797 bits per heavy atom. The van der Waals surface area contributed by atoms with E-state index in [4.69, 9.17) is 37.9 Å². The van der Waals surface area contributed by atoms with E-state index in [0.29, 0.717) is 98.3 Å². The van der Waals surface area contributed by atoms with Crippen LogP contribution in [0.3, 0.4) is 0 Å². The van der Waals surface area contributed by atoms with Crippen LogP contribution < -0.4 is 60.3 Å². The fourth-order valence-corrected chi connectivity index (χ4v) is 20.7. The molecule has 0 bridgehead atoms. The number of rotatable bonds is 42. The first-order valence-corrected chi connectivity index (χ1v) is 48.8. The molecule has 38 nitrogen and oxygen atoms in total. The fraction of sp³-hybridized carbons (Fsp3) is 0.447. The molecule has 2 fully saturated rings. The first-order chi connectivity index (χ1) is 59.2. The Hall–Kier alpha value is -10.4. The van der Waals surface area contributed by atoms with Gasteiger partial charge >= 0.3 is 0 Å². The van der Waals surface area contributed by atoms with Crippen molar-refractivity contribution >= 4 is 164 Å². The average molecular weight is 1870 g/mol. The smallest absolute Gasteiger partial charge is 0.230 e. The van der Waals surface area contributed by atoms with E-state index in [1.54, 1.807) is 99.1 Å². The number of amides is 6. The van der Waals surface area contributed by atoms with Gasteiger partial charge in [0.15, 0.2) is 52.5 Å². The molecule has 2 aliphatic rings. The molecule has 660 valence electrons. The first kappa shape index (κ1) is 94.9. The first-order valence-electron chi connectivity index (χ1n) is 38.4. The van der Waals surface area contributed by atoms with E-state index in [2.05, 4.69) is 93.1 Å². The Morgan fingerprint density at radius 1 is 0.317 bits per heavy atom. The van der Waals surface area contributed by atoms with Crippen molar-refractivity contribution in [3.05, 3.63) is 137 Å². The van der Waals surface area contributed by atoms with Crippen molar-refractivity contribution < 1.29 is 91.9 Å². The molecule has 6 amide bonds. The highest BCUT2D eigenvalue weighted by Crippen LogP contribution is 2.31. The number of anilines is 6. The molecule has 8 heterocycles. The van der Waals surface area contributed by atoms with Crippen LogP contribution in [0.4, 0.5) is 30.8 Å². The molecule has 12 rings (SSSR count). The summed E-state index contributed by atoms with van der Waals surface area (Å²) >= 11 is 6.85. The summed E-state index contributed by atoms with van der Waals surface area (Å²) in [6.07, 6.45) is 7.88. The van der Waals surface area contributed by atoms with Gasteiger partial charge in [0.2, 0.25) is 66.2 Å². The number of benzene rings is 4. The minimum absolute atomic E-state index is 0.0668. The van der Waals surface area contributed by atoms with Crippen molar-refractivity contribution in [1.82, 2.24) is 61.2 Å². The molecular weight excluding hydrogens is 1770 g/mol. The van der Waals surface area contributed by atoms with Crippen LogP contribution in [-0.4, -0.2) is 224 Å². The molecular formula is C76H92N18O20S9. The number of hydrogen-bond acceptors (Lipinski definition) is 38. The van der Waals surface area contributed by atoms with Gasteiger partial charge in [-0.1, -0.05) is 104 Å². The van der Waals surface area contributed by atoms with E-state index in [1.165, 1.54) is 51.1 Å². The lowest BCUT2D eigenvalue weighted by Gasteiger charge is -2.21. The molecule has 2 unspecified atom stereocenters. The monoisotopic (exact) mass is 1860 g/mol. The summed E-state index contributed by atoms with van der Waals surface area (Å²) < 4.78 is 118. The predicted molar refractivity (Wildman–Crippen MR) is 466 cm³/mol. The van der Waals surface area contributed by atoms with Gasteiger partial charge < -0.3 is 69.8 Å². The van der Waals surface area contributed by atoms with Gasteiger partial charge in [0.05, 0.1) is 128 Å². The van der Waals surface area contributed by atoms with Gasteiger partial charge in [-0.25, -0.2) is 25.3 Å². The molecule has 0 aliphatic carbocycles. The number of aryl methyl sites for hydroxylation is 6. The maximum absolute atomic E-state index is 12.7. The second kappa shape index (κ2) is 47.5. The maximum atomic E-state index is 12.7. The quantitative estimate of drug-likeness (QED) is 0.0209. The number of carbonyl (C=O) groups excluding carboxylic acids is 6. The molecule has 0 radical (unpaired) electrons. The van der Waals surface area contributed by atoms with Crippen molar-refractivity contribution in [2.75, 3.05) is 122 Å². The zero-order valence-electron chi connectivity index (χ0n) is 67.8. The van der Waals surface area contributed by atoms with Crippen LogP contribution in [0.2, 0.25) is 0 Å². The molecule has 2 atom stereocenters. The van der Waals surface area contributed by atoms with Crippen LogP contribution in [0.15, 0.2) is 84.9 Å². The number of nitrogens with zero attached hydrogens (tertiary/aromatic N) is 12. The molecule has 6 N–H and O–H groups in total. The second-order valence-electron chi connectivity index (χ2n) is 27.4. The summed E-state index contributed by atoms with van der Waals surface area (Å²) in [5.41, 5.74) is 3.08. The number of nitrogens with one attached hydrogen (secondary N) is 6. The molecule has 2 aliphatic heterocycles. The molecule has 47 heteroatoms.